The van der Waals surface area contributed by atoms with E-state index in [1.54, 1.807) is 0 Å². The van der Waals surface area contributed by atoms with Crippen molar-refractivity contribution in [1.82, 2.24) is 5.32 Å². The standard InChI is InChI=1S/C5H9NO2.Ca.2H/c7-5(8)4-2-1-3-6-4;;;/h4,6H,1-3H2,(H,7,8);;;/q;+2;2*-1/t4-;;;/m0.../s1. The van der Waals surface area contributed by atoms with Gasteiger partial charge in [-0.05, 0) is 19.4 Å². The predicted molar refractivity (Wildman–Crippen MR) is 36.6 cm³/mol. The fourth-order valence-electron chi connectivity index (χ4n) is 0.895. The maximum Gasteiger partial charge on any atom is 2.00 e. The van der Waals surface area contributed by atoms with Gasteiger partial charge in [0, 0.05) is 0 Å². The molecule has 4 heteroatoms. The zero-order valence-corrected chi connectivity index (χ0v) is 7.47. The third-order valence-electron chi connectivity index (χ3n) is 1.36. The quantitative estimate of drug-likeness (QED) is 0.512. The minimum Gasteiger partial charge on any atom is -1.00 e. The molecule has 3 nitrogen and oxygen atoms in total. The van der Waals surface area contributed by atoms with Crippen LogP contribution >= 0.6 is 0 Å². The Morgan fingerprint density at radius 1 is 1.78 bits per heavy atom. The molecule has 2 N–H and O–H groups in total. The molecule has 50 valence electrons. The number of carboxylic acids is 1. The van der Waals surface area contributed by atoms with Crippen LogP contribution in [0.2, 0.25) is 0 Å². The van der Waals surface area contributed by atoms with Gasteiger partial charge in [0.25, 0.3) is 0 Å². The maximum atomic E-state index is 10.1. The molecule has 0 amide bonds. The Kier molecular flexibility index (Phi) is 4.84. The van der Waals surface area contributed by atoms with Crippen molar-refractivity contribution in [3.05, 3.63) is 0 Å². The molecule has 1 atom stereocenters. The molecule has 0 aromatic heterocycles. The van der Waals surface area contributed by atoms with Crippen molar-refractivity contribution >= 4 is 43.7 Å². The molecule has 1 fully saturated rings. The number of carbonyl (C=O) groups is 1. The van der Waals surface area contributed by atoms with Crippen molar-refractivity contribution in [2.45, 2.75) is 18.9 Å². The summed E-state index contributed by atoms with van der Waals surface area (Å²) in [6.45, 7) is 0.858. The Hall–Kier alpha value is 0.690. The van der Waals surface area contributed by atoms with E-state index in [1.165, 1.54) is 0 Å². The van der Waals surface area contributed by atoms with E-state index >= 15 is 0 Å². The van der Waals surface area contributed by atoms with Gasteiger partial charge in [-0.1, -0.05) is 0 Å². The maximum absolute atomic E-state index is 10.1. The summed E-state index contributed by atoms with van der Waals surface area (Å²) >= 11 is 0. The summed E-state index contributed by atoms with van der Waals surface area (Å²) in [5, 5.41) is 11.2. The molecular weight excluding hydrogens is 146 g/mol. The number of hydrogen-bond acceptors (Lipinski definition) is 2. The van der Waals surface area contributed by atoms with Crippen LogP contribution in [0, 0.1) is 0 Å². The Morgan fingerprint density at radius 3 is 2.67 bits per heavy atom. The molecule has 1 heterocycles. The van der Waals surface area contributed by atoms with E-state index in [-0.39, 0.29) is 46.6 Å². The summed E-state index contributed by atoms with van der Waals surface area (Å²) in [5.74, 6) is -0.720. The molecule has 0 aliphatic carbocycles. The second-order valence-electron chi connectivity index (χ2n) is 1.99. The van der Waals surface area contributed by atoms with Crippen LogP contribution in [0.15, 0.2) is 0 Å². The van der Waals surface area contributed by atoms with Gasteiger partial charge in [-0.25, -0.2) is 0 Å². The number of aliphatic carboxylic acids is 1. The Balaban J connectivity index is -0.000000213. The molecule has 9 heavy (non-hydrogen) atoms. The first-order valence-corrected chi connectivity index (χ1v) is 2.77. The molecule has 0 aromatic rings. The number of rotatable bonds is 1. The molecule has 0 bridgehead atoms. The van der Waals surface area contributed by atoms with Gasteiger partial charge in [0.1, 0.15) is 6.04 Å². The van der Waals surface area contributed by atoms with Crippen LogP contribution in [-0.2, 0) is 4.79 Å². The minimum atomic E-state index is -0.720. The van der Waals surface area contributed by atoms with Crippen molar-refractivity contribution in [3.63, 3.8) is 0 Å². The average molecular weight is 157 g/mol. The Morgan fingerprint density at radius 2 is 2.44 bits per heavy atom. The van der Waals surface area contributed by atoms with E-state index in [0.717, 1.165) is 19.4 Å². The summed E-state index contributed by atoms with van der Waals surface area (Å²) in [4.78, 5) is 10.1. The molecule has 0 saturated carbocycles. The Bertz CT molecular complexity index is 109. The van der Waals surface area contributed by atoms with Gasteiger partial charge < -0.3 is 13.3 Å². The zero-order chi connectivity index (χ0) is 5.98. The van der Waals surface area contributed by atoms with Gasteiger partial charge in [-0.15, -0.1) is 0 Å². The first kappa shape index (κ1) is 9.69. The Labute approximate surface area is 86.8 Å². The molecule has 0 unspecified atom stereocenters. The van der Waals surface area contributed by atoms with Gasteiger partial charge in [0.15, 0.2) is 0 Å². The molecule has 0 radical (unpaired) electrons. The van der Waals surface area contributed by atoms with E-state index in [0.29, 0.717) is 0 Å². The summed E-state index contributed by atoms with van der Waals surface area (Å²) in [7, 11) is 0. The predicted octanol–water partition coefficient (Wildman–Crippen LogP) is -0.333. The number of nitrogens with one attached hydrogen (secondary N) is 1. The van der Waals surface area contributed by atoms with Crippen LogP contribution in [-0.4, -0.2) is 61.4 Å². The minimum absolute atomic E-state index is 0. The molecular formula is C5H11CaNO2. The van der Waals surface area contributed by atoms with Crippen LogP contribution in [0.25, 0.3) is 0 Å². The monoisotopic (exact) mass is 157 g/mol. The second kappa shape index (κ2) is 4.50. The molecule has 1 aliphatic heterocycles. The molecule has 1 rings (SSSR count). The largest absolute Gasteiger partial charge is 2.00 e. The summed E-state index contributed by atoms with van der Waals surface area (Å²) < 4.78 is 0. The molecule has 1 saturated heterocycles. The van der Waals surface area contributed by atoms with Gasteiger partial charge in [0.2, 0.25) is 0 Å². The van der Waals surface area contributed by atoms with Gasteiger partial charge in [0.05, 0.1) is 0 Å². The van der Waals surface area contributed by atoms with Gasteiger partial charge >= 0.3 is 43.7 Å². The van der Waals surface area contributed by atoms with E-state index in [9.17, 15) is 4.79 Å². The molecule has 1 aliphatic rings. The van der Waals surface area contributed by atoms with Crippen molar-refractivity contribution in [2.75, 3.05) is 6.54 Å². The van der Waals surface area contributed by atoms with Gasteiger partial charge in [-0.3, -0.25) is 4.79 Å². The summed E-state index contributed by atoms with van der Waals surface area (Å²) in [5.41, 5.74) is 0. The normalized spacial score (nSPS) is 25.1. The van der Waals surface area contributed by atoms with E-state index < -0.39 is 5.97 Å². The molecule has 0 aromatic carbocycles. The van der Waals surface area contributed by atoms with E-state index in [2.05, 4.69) is 5.32 Å². The number of hydrogen-bond donors (Lipinski definition) is 2. The van der Waals surface area contributed by atoms with Crippen LogP contribution in [0.4, 0.5) is 0 Å². The summed E-state index contributed by atoms with van der Waals surface area (Å²) in [6, 6.07) is -0.269. The van der Waals surface area contributed by atoms with Crippen molar-refractivity contribution in [3.8, 4) is 0 Å². The van der Waals surface area contributed by atoms with Crippen LogP contribution in [0.1, 0.15) is 15.7 Å². The van der Waals surface area contributed by atoms with Crippen molar-refractivity contribution in [2.24, 2.45) is 0 Å². The average Bonchev–Trinajstić information content (AvgIpc) is 2.12. The summed E-state index contributed by atoms with van der Waals surface area (Å²) in [6.07, 6.45) is 1.78. The first-order valence-electron chi connectivity index (χ1n) is 2.77. The molecule has 0 spiro atoms. The van der Waals surface area contributed by atoms with Gasteiger partial charge in [-0.2, -0.15) is 0 Å². The second-order valence-corrected chi connectivity index (χ2v) is 1.99. The van der Waals surface area contributed by atoms with E-state index in [1.807, 2.05) is 0 Å². The third kappa shape index (κ3) is 2.85. The first-order chi connectivity index (χ1) is 3.80. The third-order valence-corrected chi connectivity index (χ3v) is 1.36. The fourth-order valence-corrected chi connectivity index (χ4v) is 0.895. The van der Waals surface area contributed by atoms with Crippen LogP contribution < -0.4 is 5.32 Å². The smallest absolute Gasteiger partial charge is 1.00 e. The van der Waals surface area contributed by atoms with Crippen LogP contribution in [0.5, 0.6) is 0 Å². The topological polar surface area (TPSA) is 49.3 Å². The fraction of sp³-hybridized carbons (Fsp3) is 0.800. The van der Waals surface area contributed by atoms with Crippen molar-refractivity contribution in [1.29, 1.82) is 0 Å². The van der Waals surface area contributed by atoms with Crippen molar-refractivity contribution < 1.29 is 12.8 Å². The van der Waals surface area contributed by atoms with E-state index in [4.69, 9.17) is 5.11 Å². The van der Waals surface area contributed by atoms with Crippen LogP contribution in [0.3, 0.4) is 0 Å². The number of carboxylic acid groups (broad SMARTS) is 1. The SMILES string of the molecule is O=C(O)[C@@H]1CCCN1.[Ca+2].[H-].[H-]. The zero-order valence-electron chi connectivity index (χ0n) is 7.26.